The van der Waals surface area contributed by atoms with Crippen molar-refractivity contribution in [2.45, 2.75) is 46.0 Å². The molecular formula is C25H26O5. The molecule has 0 fully saturated rings. The van der Waals surface area contributed by atoms with Crippen LogP contribution in [0.1, 0.15) is 76.2 Å². The first kappa shape index (κ1) is 21.5. The third kappa shape index (κ3) is 4.51. The number of carbonyl (C=O) groups is 3. The molecule has 0 heterocycles. The standard InChI is InChI=1S/C25H26O5/c1-3-5-9-16(4-2)14-17-10-8-13-20(23(17)27)25(29)30-22-15-21(26)18-11-6-7-12-19(18)24(22)28/h6-8,10-13,15-16,27H,3-5,9,14H2,1-2H3. The van der Waals surface area contributed by atoms with E-state index in [4.69, 9.17) is 4.74 Å². The number of hydrogen-bond acceptors (Lipinski definition) is 5. The fourth-order valence-electron chi connectivity index (χ4n) is 3.70. The normalized spacial score (nSPS) is 14.1. The van der Waals surface area contributed by atoms with E-state index in [1.807, 2.05) is 0 Å². The Morgan fingerprint density at radius 3 is 2.47 bits per heavy atom. The monoisotopic (exact) mass is 406 g/mol. The number of phenolic OH excluding ortho intramolecular Hbond substituents is 1. The second kappa shape index (κ2) is 9.53. The molecule has 0 saturated heterocycles. The third-order valence-electron chi connectivity index (χ3n) is 5.52. The SMILES string of the molecule is CCCCC(CC)Cc1cccc(C(=O)OC2=CC(=O)c3ccccc3C2=O)c1O. The van der Waals surface area contributed by atoms with E-state index in [1.165, 1.54) is 12.1 Å². The van der Waals surface area contributed by atoms with Crippen LogP contribution in [0.25, 0.3) is 0 Å². The number of ketones is 2. The van der Waals surface area contributed by atoms with Crippen LogP contribution in [0.15, 0.2) is 54.3 Å². The Labute approximate surface area is 176 Å². The molecule has 0 radical (unpaired) electrons. The van der Waals surface area contributed by atoms with Gasteiger partial charge < -0.3 is 9.84 Å². The van der Waals surface area contributed by atoms with Crippen LogP contribution >= 0.6 is 0 Å². The van der Waals surface area contributed by atoms with Crippen molar-refractivity contribution >= 4 is 17.5 Å². The van der Waals surface area contributed by atoms with Crippen LogP contribution in [0, 0.1) is 5.92 Å². The summed E-state index contributed by atoms with van der Waals surface area (Å²) in [6, 6.07) is 11.3. The highest BCUT2D eigenvalue weighted by atomic mass is 16.5. The van der Waals surface area contributed by atoms with Crippen molar-refractivity contribution in [3.05, 3.63) is 76.6 Å². The van der Waals surface area contributed by atoms with Gasteiger partial charge in [-0.3, -0.25) is 9.59 Å². The van der Waals surface area contributed by atoms with Crippen molar-refractivity contribution in [3.63, 3.8) is 0 Å². The van der Waals surface area contributed by atoms with Gasteiger partial charge in [0.15, 0.2) is 11.5 Å². The molecule has 2 aromatic rings. The molecule has 1 unspecified atom stereocenters. The molecular weight excluding hydrogens is 380 g/mol. The van der Waals surface area contributed by atoms with E-state index in [1.54, 1.807) is 30.3 Å². The predicted molar refractivity (Wildman–Crippen MR) is 114 cm³/mol. The van der Waals surface area contributed by atoms with E-state index >= 15 is 0 Å². The molecule has 0 bridgehead atoms. The molecule has 2 aromatic carbocycles. The zero-order valence-corrected chi connectivity index (χ0v) is 17.3. The molecule has 1 aliphatic carbocycles. The number of rotatable bonds is 8. The summed E-state index contributed by atoms with van der Waals surface area (Å²) in [4.78, 5) is 37.5. The van der Waals surface area contributed by atoms with Crippen molar-refractivity contribution in [2.75, 3.05) is 0 Å². The van der Waals surface area contributed by atoms with Gasteiger partial charge in [-0.1, -0.05) is 75.9 Å². The zero-order chi connectivity index (χ0) is 21.7. The van der Waals surface area contributed by atoms with Gasteiger partial charge >= 0.3 is 5.97 Å². The molecule has 0 amide bonds. The molecule has 30 heavy (non-hydrogen) atoms. The van der Waals surface area contributed by atoms with Crippen LogP contribution < -0.4 is 0 Å². The van der Waals surface area contributed by atoms with Crippen LogP contribution in [0.2, 0.25) is 0 Å². The minimum atomic E-state index is -0.859. The number of allylic oxidation sites excluding steroid dienone is 2. The maximum atomic E-state index is 12.7. The van der Waals surface area contributed by atoms with E-state index in [0.29, 0.717) is 17.9 Å². The molecule has 5 nitrogen and oxygen atoms in total. The predicted octanol–water partition coefficient (Wildman–Crippen LogP) is 5.27. The maximum Gasteiger partial charge on any atom is 0.347 e. The van der Waals surface area contributed by atoms with Gasteiger partial charge in [-0.05, 0) is 24.0 Å². The highest BCUT2D eigenvalue weighted by molar-refractivity contribution is 6.24. The lowest BCUT2D eigenvalue weighted by molar-refractivity contribution is 0.0582. The van der Waals surface area contributed by atoms with E-state index in [0.717, 1.165) is 31.8 Å². The van der Waals surface area contributed by atoms with E-state index in [9.17, 15) is 19.5 Å². The number of hydrogen-bond donors (Lipinski definition) is 1. The van der Waals surface area contributed by atoms with Gasteiger partial charge in [-0.15, -0.1) is 0 Å². The Hall–Kier alpha value is -3.21. The summed E-state index contributed by atoms with van der Waals surface area (Å²) < 4.78 is 5.24. The molecule has 1 aliphatic rings. The quantitative estimate of drug-likeness (QED) is 0.604. The van der Waals surface area contributed by atoms with E-state index in [-0.39, 0.29) is 28.2 Å². The van der Waals surface area contributed by atoms with Gasteiger partial charge in [0.1, 0.15) is 11.3 Å². The van der Waals surface area contributed by atoms with E-state index < -0.39 is 17.5 Å². The molecule has 0 spiro atoms. The fraction of sp³-hybridized carbons (Fsp3) is 0.320. The number of ether oxygens (including phenoxy) is 1. The Bertz CT molecular complexity index is 1000. The van der Waals surface area contributed by atoms with Gasteiger partial charge in [0, 0.05) is 17.2 Å². The zero-order valence-electron chi connectivity index (χ0n) is 17.3. The summed E-state index contributed by atoms with van der Waals surface area (Å²) >= 11 is 0. The van der Waals surface area contributed by atoms with Gasteiger partial charge in [0.05, 0.1) is 0 Å². The molecule has 156 valence electrons. The van der Waals surface area contributed by atoms with Gasteiger partial charge in [0.2, 0.25) is 5.78 Å². The van der Waals surface area contributed by atoms with Crippen molar-refractivity contribution in [1.29, 1.82) is 0 Å². The summed E-state index contributed by atoms with van der Waals surface area (Å²) in [5, 5.41) is 10.7. The Morgan fingerprint density at radius 1 is 1.03 bits per heavy atom. The Balaban J connectivity index is 1.80. The number of esters is 1. The molecule has 1 atom stereocenters. The third-order valence-corrected chi connectivity index (χ3v) is 5.52. The largest absolute Gasteiger partial charge is 0.507 e. The summed E-state index contributed by atoms with van der Waals surface area (Å²) in [5.74, 6) is -1.83. The van der Waals surface area contributed by atoms with Crippen molar-refractivity contribution < 1.29 is 24.2 Å². The second-order valence-corrected chi connectivity index (χ2v) is 7.57. The lowest BCUT2D eigenvalue weighted by atomic mass is 9.91. The fourth-order valence-corrected chi connectivity index (χ4v) is 3.70. The number of unbranched alkanes of at least 4 members (excludes halogenated alkanes) is 1. The molecule has 0 aliphatic heterocycles. The smallest absolute Gasteiger partial charge is 0.347 e. The molecule has 1 N–H and O–H groups in total. The number of carbonyl (C=O) groups excluding carboxylic acids is 3. The number of aromatic hydroxyl groups is 1. The van der Waals surface area contributed by atoms with Crippen LogP contribution in [0.5, 0.6) is 5.75 Å². The second-order valence-electron chi connectivity index (χ2n) is 7.57. The lowest BCUT2D eigenvalue weighted by Gasteiger charge is -2.17. The van der Waals surface area contributed by atoms with Gasteiger partial charge in [-0.25, -0.2) is 4.79 Å². The highest BCUT2D eigenvalue weighted by Gasteiger charge is 2.29. The lowest BCUT2D eigenvalue weighted by Crippen LogP contribution is -2.20. The van der Waals surface area contributed by atoms with Crippen molar-refractivity contribution in [2.24, 2.45) is 5.92 Å². The highest BCUT2D eigenvalue weighted by Crippen LogP contribution is 2.30. The van der Waals surface area contributed by atoms with Crippen molar-refractivity contribution in [1.82, 2.24) is 0 Å². The van der Waals surface area contributed by atoms with Crippen LogP contribution in [-0.4, -0.2) is 22.6 Å². The number of Topliss-reactive ketones (excluding diaryl/α,β-unsaturated/α-hetero) is 1. The summed E-state index contributed by atoms with van der Waals surface area (Å²) in [6.45, 7) is 4.26. The first-order valence-electron chi connectivity index (χ1n) is 10.4. The molecule has 5 heteroatoms. The van der Waals surface area contributed by atoms with Crippen molar-refractivity contribution in [3.8, 4) is 5.75 Å². The van der Waals surface area contributed by atoms with Crippen LogP contribution in [0.4, 0.5) is 0 Å². The number of benzene rings is 2. The first-order chi connectivity index (χ1) is 14.5. The summed E-state index contributed by atoms with van der Waals surface area (Å²) in [7, 11) is 0. The Morgan fingerprint density at radius 2 is 1.77 bits per heavy atom. The Kier molecular flexibility index (Phi) is 6.83. The van der Waals surface area contributed by atoms with Gasteiger partial charge in [0.25, 0.3) is 0 Å². The minimum Gasteiger partial charge on any atom is -0.507 e. The van der Waals surface area contributed by atoms with E-state index in [2.05, 4.69) is 13.8 Å². The summed E-state index contributed by atoms with van der Waals surface area (Å²) in [6.07, 6.45) is 5.96. The average molecular weight is 406 g/mol. The van der Waals surface area contributed by atoms with Crippen LogP contribution in [-0.2, 0) is 11.2 Å². The average Bonchev–Trinajstić information content (AvgIpc) is 2.75. The number of phenols is 1. The maximum absolute atomic E-state index is 12.7. The summed E-state index contributed by atoms with van der Waals surface area (Å²) in [5.41, 5.74) is 1.15. The topological polar surface area (TPSA) is 80.7 Å². The molecule has 0 saturated carbocycles. The number of fused-ring (bicyclic) bond motifs is 1. The van der Waals surface area contributed by atoms with Gasteiger partial charge in [-0.2, -0.15) is 0 Å². The molecule has 0 aromatic heterocycles. The number of para-hydroxylation sites is 1. The minimum absolute atomic E-state index is 0.0159. The van der Waals surface area contributed by atoms with Crippen LogP contribution in [0.3, 0.4) is 0 Å². The first-order valence-corrected chi connectivity index (χ1v) is 10.4. The molecule has 3 rings (SSSR count).